The molecule has 2 aliphatic carbocycles. The molecule has 0 nitrogen and oxygen atoms in total. The van der Waals surface area contributed by atoms with Gasteiger partial charge in [0.05, 0.1) is 0 Å². The van der Waals surface area contributed by atoms with Crippen molar-refractivity contribution >= 4 is 12.2 Å². The van der Waals surface area contributed by atoms with Gasteiger partial charge in [0.25, 0.3) is 0 Å². The second-order valence-corrected chi connectivity index (χ2v) is 7.06. The Hall–Kier alpha value is -2.08. The molecule has 0 saturated heterocycles. The van der Waals surface area contributed by atoms with Crippen LogP contribution in [0.3, 0.4) is 0 Å². The second kappa shape index (κ2) is 6.43. The van der Waals surface area contributed by atoms with Crippen molar-refractivity contribution in [2.45, 2.75) is 51.4 Å². The molecule has 0 spiro atoms. The minimum absolute atomic E-state index is 0.596. The van der Waals surface area contributed by atoms with E-state index in [-0.39, 0.29) is 0 Å². The van der Waals surface area contributed by atoms with Gasteiger partial charge in [-0.15, -0.1) is 0 Å². The third-order valence-corrected chi connectivity index (χ3v) is 5.80. The van der Waals surface area contributed by atoms with Crippen LogP contribution in [0.25, 0.3) is 12.2 Å². The van der Waals surface area contributed by atoms with Crippen LogP contribution in [-0.2, 0) is 12.8 Å². The first-order chi connectivity index (χ1) is 11.8. The summed E-state index contributed by atoms with van der Waals surface area (Å²) in [5, 5.41) is 0. The van der Waals surface area contributed by atoms with Crippen molar-refractivity contribution in [3.05, 3.63) is 81.9 Å². The molecule has 2 aromatic carbocycles. The zero-order chi connectivity index (χ0) is 16.5. The molecule has 122 valence electrons. The lowest BCUT2D eigenvalue weighted by atomic mass is 9.88. The van der Waals surface area contributed by atoms with E-state index in [2.05, 4.69) is 74.5 Å². The molecule has 4 rings (SSSR count). The van der Waals surface area contributed by atoms with E-state index in [1.807, 2.05) is 0 Å². The summed E-state index contributed by atoms with van der Waals surface area (Å²) < 4.78 is 0. The quantitative estimate of drug-likeness (QED) is 0.590. The van der Waals surface area contributed by atoms with Crippen LogP contribution in [0.5, 0.6) is 0 Å². The summed E-state index contributed by atoms with van der Waals surface area (Å²) in [6.45, 7) is 4.50. The van der Waals surface area contributed by atoms with Crippen molar-refractivity contribution in [2.24, 2.45) is 0 Å². The third-order valence-electron chi connectivity index (χ3n) is 5.80. The summed E-state index contributed by atoms with van der Waals surface area (Å²) in [7, 11) is 0. The number of hydrogen-bond acceptors (Lipinski definition) is 0. The van der Waals surface area contributed by atoms with Crippen LogP contribution < -0.4 is 0 Å². The molecule has 2 atom stereocenters. The van der Waals surface area contributed by atoms with Gasteiger partial charge in [0.2, 0.25) is 0 Å². The van der Waals surface area contributed by atoms with E-state index in [1.54, 1.807) is 11.1 Å². The molecule has 0 saturated carbocycles. The van der Waals surface area contributed by atoms with Crippen molar-refractivity contribution in [1.82, 2.24) is 0 Å². The van der Waals surface area contributed by atoms with E-state index in [0.29, 0.717) is 11.8 Å². The van der Waals surface area contributed by atoms with E-state index >= 15 is 0 Å². The Kier molecular flexibility index (Phi) is 4.14. The van der Waals surface area contributed by atoms with Crippen LogP contribution in [0.1, 0.15) is 71.9 Å². The number of rotatable bonds is 5. The van der Waals surface area contributed by atoms with Crippen LogP contribution in [0.2, 0.25) is 0 Å². The van der Waals surface area contributed by atoms with E-state index in [9.17, 15) is 0 Å². The van der Waals surface area contributed by atoms with Crippen molar-refractivity contribution in [3.63, 3.8) is 0 Å². The summed E-state index contributed by atoms with van der Waals surface area (Å²) in [6.07, 6.45) is 14.3. The summed E-state index contributed by atoms with van der Waals surface area (Å²) in [6, 6.07) is 13.7. The van der Waals surface area contributed by atoms with Gasteiger partial charge < -0.3 is 0 Å². The van der Waals surface area contributed by atoms with Gasteiger partial charge in [-0.3, -0.25) is 0 Å². The van der Waals surface area contributed by atoms with Gasteiger partial charge in [-0.1, -0.05) is 74.5 Å². The molecule has 0 fully saturated rings. The molecule has 0 aromatic heterocycles. The molecule has 0 heteroatoms. The van der Waals surface area contributed by atoms with E-state index < -0.39 is 0 Å². The minimum atomic E-state index is 0.596. The fraction of sp³-hybridized carbons (Fsp3) is 0.333. The molecule has 0 radical (unpaired) electrons. The maximum absolute atomic E-state index is 2.42. The first-order valence-corrected chi connectivity index (χ1v) is 9.41. The van der Waals surface area contributed by atoms with E-state index in [1.165, 1.54) is 35.1 Å². The maximum Gasteiger partial charge on any atom is 0.00276 e. The molecule has 0 amide bonds. The number of aryl methyl sites for hydroxylation is 2. The molecule has 0 unspecified atom stereocenters. The van der Waals surface area contributed by atoms with Crippen LogP contribution >= 0.6 is 0 Å². The van der Waals surface area contributed by atoms with Crippen LogP contribution in [0.4, 0.5) is 0 Å². The lowest BCUT2D eigenvalue weighted by molar-refractivity contribution is 0.641. The SMILES string of the molecule is CCc1cccc2c1C=C[C@H]2CC[C@@H]1C=Cc2c(CC)cccc21. The van der Waals surface area contributed by atoms with Gasteiger partial charge >= 0.3 is 0 Å². The highest BCUT2D eigenvalue weighted by molar-refractivity contribution is 5.67. The summed E-state index contributed by atoms with van der Waals surface area (Å²) in [5.74, 6) is 1.19. The highest BCUT2D eigenvalue weighted by Crippen LogP contribution is 2.40. The van der Waals surface area contributed by atoms with Gasteiger partial charge in [-0.2, -0.15) is 0 Å². The number of fused-ring (bicyclic) bond motifs is 2. The predicted molar refractivity (Wildman–Crippen MR) is 104 cm³/mol. The average molecular weight is 314 g/mol. The minimum Gasteiger partial charge on any atom is -0.0764 e. The first kappa shape index (κ1) is 15.4. The fourth-order valence-corrected chi connectivity index (χ4v) is 4.43. The normalized spacial score (nSPS) is 20.4. The predicted octanol–water partition coefficient (Wildman–Crippen LogP) is 6.51. The molecule has 0 aliphatic heterocycles. The molecule has 24 heavy (non-hydrogen) atoms. The van der Waals surface area contributed by atoms with Gasteiger partial charge in [0, 0.05) is 11.8 Å². The monoisotopic (exact) mass is 314 g/mol. The number of hydrogen-bond donors (Lipinski definition) is 0. The number of benzene rings is 2. The number of allylic oxidation sites excluding steroid dienone is 2. The standard InChI is InChI=1S/C24H26/c1-3-17-7-5-9-21-19(13-15-23(17)21)11-12-20-14-16-24-18(4-2)8-6-10-22(20)24/h5-10,13-16,19-20H,3-4,11-12H2,1-2H3/t19-,20-/m1/s1. The highest BCUT2D eigenvalue weighted by atomic mass is 14.3. The Labute approximate surface area is 145 Å². The topological polar surface area (TPSA) is 0 Å². The van der Waals surface area contributed by atoms with Gasteiger partial charge in [-0.25, -0.2) is 0 Å². The Morgan fingerprint density at radius 3 is 1.54 bits per heavy atom. The maximum atomic E-state index is 2.42. The van der Waals surface area contributed by atoms with E-state index in [4.69, 9.17) is 0 Å². The molecule has 2 aromatic rings. The zero-order valence-electron chi connectivity index (χ0n) is 14.8. The smallest absolute Gasteiger partial charge is 0.00276 e. The summed E-state index contributed by atoms with van der Waals surface area (Å²) >= 11 is 0. The summed E-state index contributed by atoms with van der Waals surface area (Å²) in [5.41, 5.74) is 9.04. The van der Waals surface area contributed by atoms with Crippen LogP contribution in [-0.4, -0.2) is 0 Å². The van der Waals surface area contributed by atoms with Gasteiger partial charge in [0.15, 0.2) is 0 Å². The molecule has 0 bridgehead atoms. The van der Waals surface area contributed by atoms with Crippen LogP contribution in [0.15, 0.2) is 48.6 Å². The summed E-state index contributed by atoms with van der Waals surface area (Å²) in [4.78, 5) is 0. The Morgan fingerprint density at radius 1 is 0.667 bits per heavy atom. The van der Waals surface area contributed by atoms with Gasteiger partial charge in [0.1, 0.15) is 0 Å². The molecule has 2 aliphatic rings. The largest absolute Gasteiger partial charge is 0.0764 e. The Balaban J connectivity index is 1.50. The molecular formula is C24H26. The highest BCUT2D eigenvalue weighted by Gasteiger charge is 2.23. The third kappa shape index (κ3) is 2.55. The molecular weight excluding hydrogens is 288 g/mol. The van der Waals surface area contributed by atoms with Crippen molar-refractivity contribution < 1.29 is 0 Å². The van der Waals surface area contributed by atoms with Gasteiger partial charge in [-0.05, 0) is 59.1 Å². The Bertz CT molecular complexity index is 737. The van der Waals surface area contributed by atoms with Crippen molar-refractivity contribution in [1.29, 1.82) is 0 Å². The van der Waals surface area contributed by atoms with Crippen molar-refractivity contribution in [3.8, 4) is 0 Å². The zero-order valence-corrected chi connectivity index (χ0v) is 14.8. The molecule has 0 N–H and O–H groups in total. The van der Waals surface area contributed by atoms with Crippen LogP contribution in [0, 0.1) is 0 Å². The first-order valence-electron chi connectivity index (χ1n) is 9.41. The lowest BCUT2D eigenvalue weighted by Crippen LogP contribution is -2.00. The lowest BCUT2D eigenvalue weighted by Gasteiger charge is -2.16. The molecule has 0 heterocycles. The fourth-order valence-electron chi connectivity index (χ4n) is 4.43. The van der Waals surface area contributed by atoms with Crippen molar-refractivity contribution in [2.75, 3.05) is 0 Å². The average Bonchev–Trinajstić information content (AvgIpc) is 3.23. The Morgan fingerprint density at radius 2 is 1.12 bits per heavy atom. The van der Waals surface area contributed by atoms with E-state index in [0.717, 1.165) is 12.8 Å². The second-order valence-electron chi connectivity index (χ2n) is 7.06.